The Balaban J connectivity index is 0.00000196. The molecule has 3 rings (SSSR count). The quantitative estimate of drug-likeness (QED) is 0.570. The summed E-state index contributed by atoms with van der Waals surface area (Å²) in [6.07, 6.45) is 4.79. The second kappa shape index (κ2) is 12.2. The molecule has 2 unspecified atom stereocenters. The molecule has 0 radical (unpaired) electrons. The van der Waals surface area contributed by atoms with Gasteiger partial charge in [-0.3, -0.25) is 14.5 Å². The fourth-order valence-corrected chi connectivity index (χ4v) is 3.48. The molecule has 1 aromatic rings. The van der Waals surface area contributed by atoms with Crippen molar-refractivity contribution in [3.8, 4) is 0 Å². The fourth-order valence-electron chi connectivity index (χ4n) is 3.48. The van der Waals surface area contributed by atoms with Gasteiger partial charge in [0.05, 0.1) is 18.7 Å². The Bertz CT molecular complexity index is 622. The Morgan fingerprint density at radius 2 is 1.57 bits per heavy atom. The molecule has 0 bridgehead atoms. The molecule has 9 heteroatoms. The molecule has 2 aliphatic heterocycles. The molecule has 2 amide bonds. The van der Waals surface area contributed by atoms with Gasteiger partial charge in [0.15, 0.2) is 0 Å². The predicted molar refractivity (Wildman–Crippen MR) is 116 cm³/mol. The Kier molecular flexibility index (Phi) is 10.8. The first-order chi connectivity index (χ1) is 12.6. The van der Waals surface area contributed by atoms with Gasteiger partial charge in [-0.15, -0.1) is 24.8 Å². The standard InChI is InChI=1S/C19H28N4O3.2ClH/c24-16-11-17(20-12-16)19(26)22-15-7-5-14(6-8-15)21-18(25)13-23-9-3-1-2-4-10-23;;/h5-8,16-17,20,24H,1-4,9-13H2,(H,21,25)(H,22,26);2*1H. The van der Waals surface area contributed by atoms with Crippen LogP contribution in [0, 0.1) is 0 Å². The molecule has 28 heavy (non-hydrogen) atoms. The van der Waals surface area contributed by atoms with Crippen molar-refractivity contribution in [3.63, 3.8) is 0 Å². The minimum absolute atomic E-state index is 0. The molecule has 2 heterocycles. The highest BCUT2D eigenvalue weighted by molar-refractivity contribution is 5.96. The number of nitrogens with zero attached hydrogens (tertiary/aromatic N) is 1. The summed E-state index contributed by atoms with van der Waals surface area (Å²) in [6, 6.07) is 6.74. The molecular weight excluding hydrogens is 403 g/mol. The normalized spacial score (nSPS) is 22.3. The second-order valence-corrected chi connectivity index (χ2v) is 7.16. The van der Waals surface area contributed by atoms with Gasteiger partial charge in [-0.25, -0.2) is 0 Å². The monoisotopic (exact) mass is 432 g/mol. The van der Waals surface area contributed by atoms with Crippen molar-refractivity contribution in [1.29, 1.82) is 0 Å². The molecule has 2 aliphatic rings. The van der Waals surface area contributed by atoms with Crippen molar-refractivity contribution in [2.24, 2.45) is 0 Å². The van der Waals surface area contributed by atoms with E-state index in [0.29, 0.717) is 25.2 Å². The number of amides is 2. The fraction of sp³-hybridized carbons (Fsp3) is 0.579. The van der Waals surface area contributed by atoms with Crippen LogP contribution in [0.1, 0.15) is 32.1 Å². The maximum Gasteiger partial charge on any atom is 0.241 e. The summed E-state index contributed by atoms with van der Waals surface area (Å²) >= 11 is 0. The Morgan fingerprint density at radius 1 is 1.00 bits per heavy atom. The van der Waals surface area contributed by atoms with Crippen LogP contribution in [0.3, 0.4) is 0 Å². The number of hydrogen-bond acceptors (Lipinski definition) is 5. The first-order valence-corrected chi connectivity index (χ1v) is 9.45. The third-order valence-electron chi connectivity index (χ3n) is 4.93. The molecule has 2 atom stereocenters. The summed E-state index contributed by atoms with van der Waals surface area (Å²) in [7, 11) is 0. The van der Waals surface area contributed by atoms with E-state index in [1.54, 1.807) is 24.3 Å². The second-order valence-electron chi connectivity index (χ2n) is 7.16. The number of nitrogens with one attached hydrogen (secondary N) is 3. The number of aliphatic hydroxyl groups excluding tert-OH is 1. The van der Waals surface area contributed by atoms with E-state index in [9.17, 15) is 14.7 Å². The van der Waals surface area contributed by atoms with E-state index in [1.807, 2.05) is 0 Å². The number of hydrogen-bond donors (Lipinski definition) is 4. The summed E-state index contributed by atoms with van der Waals surface area (Å²) in [5.74, 6) is -0.160. The van der Waals surface area contributed by atoms with Gasteiger partial charge in [0, 0.05) is 17.9 Å². The summed E-state index contributed by atoms with van der Waals surface area (Å²) in [4.78, 5) is 26.5. The van der Waals surface area contributed by atoms with Gasteiger partial charge in [0.25, 0.3) is 0 Å². The van der Waals surface area contributed by atoms with Gasteiger partial charge in [-0.05, 0) is 56.6 Å². The zero-order valence-corrected chi connectivity index (χ0v) is 17.5. The zero-order valence-electron chi connectivity index (χ0n) is 15.9. The molecule has 4 N–H and O–H groups in total. The third kappa shape index (κ3) is 7.56. The lowest BCUT2D eigenvalue weighted by Crippen LogP contribution is -2.35. The highest BCUT2D eigenvalue weighted by Gasteiger charge is 2.27. The molecule has 2 fully saturated rings. The highest BCUT2D eigenvalue weighted by atomic mass is 35.5. The number of carbonyl (C=O) groups is 2. The van der Waals surface area contributed by atoms with Crippen LogP contribution in [0.5, 0.6) is 0 Å². The maximum atomic E-state index is 12.2. The summed E-state index contributed by atoms with van der Waals surface area (Å²) < 4.78 is 0. The Labute approximate surface area is 178 Å². The molecule has 0 saturated carbocycles. The molecular formula is C19H30Cl2N4O3. The third-order valence-corrected chi connectivity index (χ3v) is 4.93. The van der Waals surface area contributed by atoms with Gasteiger partial charge in [0.1, 0.15) is 0 Å². The minimum atomic E-state index is -0.465. The molecule has 2 saturated heterocycles. The van der Waals surface area contributed by atoms with Crippen molar-refractivity contribution in [2.75, 3.05) is 36.8 Å². The number of β-amino-alcohol motifs (C(OH)–C–C–N with tert-alkyl or cyclic N) is 1. The van der Waals surface area contributed by atoms with Crippen molar-refractivity contribution < 1.29 is 14.7 Å². The SMILES string of the molecule is Cl.Cl.O=C(CN1CCCCCC1)Nc1ccc(NC(=O)C2CC(O)CN2)cc1. The number of aliphatic hydroxyl groups is 1. The van der Waals surface area contributed by atoms with E-state index >= 15 is 0 Å². The number of anilines is 2. The maximum absolute atomic E-state index is 12.2. The van der Waals surface area contributed by atoms with Gasteiger partial charge in [-0.1, -0.05) is 12.8 Å². The number of rotatable bonds is 5. The Morgan fingerprint density at radius 3 is 2.11 bits per heavy atom. The van der Waals surface area contributed by atoms with E-state index in [2.05, 4.69) is 20.9 Å². The predicted octanol–water partition coefficient (Wildman–Crippen LogP) is 2.01. The lowest BCUT2D eigenvalue weighted by Gasteiger charge is -2.19. The zero-order chi connectivity index (χ0) is 18.4. The van der Waals surface area contributed by atoms with Crippen LogP contribution in [-0.2, 0) is 9.59 Å². The lowest BCUT2D eigenvalue weighted by molar-refractivity contribution is -0.118. The highest BCUT2D eigenvalue weighted by Crippen LogP contribution is 2.16. The summed E-state index contributed by atoms with van der Waals surface area (Å²) in [5.41, 5.74) is 1.39. The molecule has 0 spiro atoms. The van der Waals surface area contributed by atoms with Crippen molar-refractivity contribution >= 4 is 48.0 Å². The number of carbonyl (C=O) groups excluding carboxylic acids is 2. The van der Waals surface area contributed by atoms with Gasteiger partial charge in [0.2, 0.25) is 11.8 Å². The van der Waals surface area contributed by atoms with Crippen LogP contribution in [0.15, 0.2) is 24.3 Å². The topological polar surface area (TPSA) is 93.7 Å². The van der Waals surface area contributed by atoms with E-state index in [1.165, 1.54) is 12.8 Å². The lowest BCUT2D eigenvalue weighted by atomic mass is 10.2. The average molecular weight is 433 g/mol. The van der Waals surface area contributed by atoms with Gasteiger partial charge < -0.3 is 21.1 Å². The molecule has 158 valence electrons. The van der Waals surface area contributed by atoms with Crippen LogP contribution in [0.4, 0.5) is 11.4 Å². The number of benzene rings is 1. The Hall–Kier alpha value is -1.38. The van der Waals surface area contributed by atoms with E-state index in [-0.39, 0.29) is 42.7 Å². The molecule has 1 aromatic carbocycles. The van der Waals surface area contributed by atoms with Gasteiger partial charge in [-0.2, -0.15) is 0 Å². The molecule has 0 aromatic heterocycles. The first-order valence-electron chi connectivity index (χ1n) is 9.45. The smallest absolute Gasteiger partial charge is 0.241 e. The summed E-state index contributed by atoms with van der Waals surface area (Å²) in [6.45, 7) is 2.85. The van der Waals surface area contributed by atoms with E-state index in [0.717, 1.165) is 31.6 Å². The largest absolute Gasteiger partial charge is 0.392 e. The van der Waals surface area contributed by atoms with Crippen LogP contribution >= 0.6 is 24.8 Å². The first kappa shape index (κ1) is 24.7. The van der Waals surface area contributed by atoms with E-state index < -0.39 is 6.10 Å². The molecule has 0 aliphatic carbocycles. The van der Waals surface area contributed by atoms with Crippen molar-refractivity contribution in [3.05, 3.63) is 24.3 Å². The van der Waals surface area contributed by atoms with Gasteiger partial charge >= 0.3 is 0 Å². The van der Waals surface area contributed by atoms with Crippen LogP contribution < -0.4 is 16.0 Å². The van der Waals surface area contributed by atoms with Crippen LogP contribution in [-0.4, -0.2) is 60.1 Å². The summed E-state index contributed by atoms with van der Waals surface area (Å²) in [5, 5.41) is 18.2. The number of halogens is 2. The molecule has 7 nitrogen and oxygen atoms in total. The van der Waals surface area contributed by atoms with Crippen molar-refractivity contribution in [1.82, 2.24) is 10.2 Å². The van der Waals surface area contributed by atoms with E-state index in [4.69, 9.17) is 0 Å². The van der Waals surface area contributed by atoms with Crippen LogP contribution in [0.2, 0.25) is 0 Å². The van der Waals surface area contributed by atoms with Crippen LogP contribution in [0.25, 0.3) is 0 Å². The minimum Gasteiger partial charge on any atom is -0.392 e. The average Bonchev–Trinajstić information content (AvgIpc) is 2.90. The van der Waals surface area contributed by atoms with Crippen molar-refractivity contribution in [2.45, 2.75) is 44.2 Å². The number of likely N-dealkylation sites (tertiary alicyclic amines) is 1.